The van der Waals surface area contributed by atoms with Gasteiger partial charge in [-0.25, -0.2) is 0 Å². The number of aromatic hydroxyl groups is 1. The Kier molecular flexibility index (Phi) is 5.03. The monoisotopic (exact) mass is 427 g/mol. The number of ether oxygens (including phenoxy) is 1. The molecule has 1 aliphatic rings. The number of amides is 1. The van der Waals surface area contributed by atoms with E-state index in [4.69, 9.17) is 4.74 Å². The van der Waals surface area contributed by atoms with E-state index in [1.54, 1.807) is 6.07 Å². The predicted octanol–water partition coefficient (Wildman–Crippen LogP) is 1.68. The van der Waals surface area contributed by atoms with E-state index in [1.807, 2.05) is 20.8 Å². The Bertz CT molecular complexity index is 1200. The summed E-state index contributed by atoms with van der Waals surface area (Å²) in [6, 6.07) is 1.65. The van der Waals surface area contributed by atoms with Gasteiger partial charge in [0.25, 0.3) is 11.5 Å². The third kappa shape index (κ3) is 4.30. The first-order chi connectivity index (χ1) is 14.7. The Balaban J connectivity index is 1.83. The standard InChI is InChI=1S/C20H25N7O4/c1-20(2,3)10-26-15-7-12(23-13-8-21-9-14(24-13)31-4)25-27(15)19(30)16(18(26)29)17(28)22-11-5-6-11/h7-9,11,29H,5-6,10H2,1-4H3,(H,22,28)(H,23,24,25). The lowest BCUT2D eigenvalue weighted by Gasteiger charge is -2.23. The minimum atomic E-state index is -0.694. The van der Waals surface area contributed by atoms with Crippen molar-refractivity contribution in [3.05, 3.63) is 34.4 Å². The molecule has 11 heteroatoms. The van der Waals surface area contributed by atoms with E-state index in [9.17, 15) is 14.7 Å². The first-order valence-corrected chi connectivity index (χ1v) is 9.96. The summed E-state index contributed by atoms with van der Waals surface area (Å²) in [6.07, 6.45) is 4.68. The molecule has 1 saturated carbocycles. The molecule has 0 saturated heterocycles. The number of hydrogen-bond donors (Lipinski definition) is 3. The minimum absolute atomic E-state index is 0.0412. The lowest BCUT2D eigenvalue weighted by molar-refractivity contribution is 0.0944. The average Bonchev–Trinajstić information content (AvgIpc) is 3.41. The molecule has 31 heavy (non-hydrogen) atoms. The topological polar surface area (TPSA) is 136 Å². The molecule has 1 aliphatic carbocycles. The molecule has 3 aromatic heterocycles. The fourth-order valence-electron chi connectivity index (χ4n) is 3.17. The second kappa shape index (κ2) is 7.56. The van der Waals surface area contributed by atoms with Gasteiger partial charge in [0.1, 0.15) is 5.65 Å². The van der Waals surface area contributed by atoms with Crippen LogP contribution in [0, 0.1) is 5.41 Å². The predicted molar refractivity (Wildman–Crippen MR) is 113 cm³/mol. The zero-order chi connectivity index (χ0) is 22.3. The molecule has 1 amide bonds. The van der Waals surface area contributed by atoms with E-state index in [0.29, 0.717) is 29.7 Å². The van der Waals surface area contributed by atoms with Gasteiger partial charge in [0, 0.05) is 18.7 Å². The average molecular weight is 427 g/mol. The van der Waals surface area contributed by atoms with Gasteiger partial charge < -0.3 is 20.5 Å². The highest BCUT2D eigenvalue weighted by Crippen LogP contribution is 2.27. The molecule has 164 valence electrons. The van der Waals surface area contributed by atoms with Crippen molar-refractivity contribution in [2.75, 3.05) is 12.4 Å². The number of rotatable bonds is 6. The summed E-state index contributed by atoms with van der Waals surface area (Å²) in [5.74, 6) is 0.0177. The summed E-state index contributed by atoms with van der Waals surface area (Å²) in [7, 11) is 1.48. The number of fused-ring (bicyclic) bond motifs is 1. The Hall–Kier alpha value is -3.63. The maximum atomic E-state index is 13.1. The van der Waals surface area contributed by atoms with Gasteiger partial charge in [-0.15, -0.1) is 5.10 Å². The molecular formula is C20H25N7O4. The highest BCUT2D eigenvalue weighted by molar-refractivity contribution is 5.96. The van der Waals surface area contributed by atoms with Crippen molar-refractivity contribution in [2.24, 2.45) is 5.41 Å². The SMILES string of the molecule is COc1cncc(Nc2cc3n(CC(C)(C)C)c(O)c(C(=O)NC4CC4)c(=O)n3n2)n1. The van der Waals surface area contributed by atoms with Gasteiger partial charge in [-0.3, -0.25) is 19.1 Å². The van der Waals surface area contributed by atoms with E-state index in [1.165, 1.54) is 24.1 Å². The highest BCUT2D eigenvalue weighted by atomic mass is 16.5. The Labute approximate surface area is 178 Å². The van der Waals surface area contributed by atoms with Gasteiger partial charge in [0.2, 0.25) is 11.8 Å². The van der Waals surface area contributed by atoms with Crippen molar-refractivity contribution in [1.82, 2.24) is 29.5 Å². The third-order valence-electron chi connectivity index (χ3n) is 4.70. The molecule has 0 spiro atoms. The van der Waals surface area contributed by atoms with Crippen LogP contribution in [0.15, 0.2) is 23.3 Å². The molecule has 3 N–H and O–H groups in total. The maximum Gasteiger partial charge on any atom is 0.291 e. The molecule has 0 unspecified atom stereocenters. The number of carbonyl (C=O) groups excluding carboxylic acids is 1. The van der Waals surface area contributed by atoms with Gasteiger partial charge in [0.15, 0.2) is 17.2 Å². The van der Waals surface area contributed by atoms with Gasteiger partial charge >= 0.3 is 0 Å². The molecule has 1 fully saturated rings. The van der Waals surface area contributed by atoms with Crippen LogP contribution in [0.5, 0.6) is 11.8 Å². The van der Waals surface area contributed by atoms with Crippen molar-refractivity contribution in [2.45, 2.75) is 46.2 Å². The fourth-order valence-corrected chi connectivity index (χ4v) is 3.17. The summed E-state index contributed by atoms with van der Waals surface area (Å²) in [4.78, 5) is 34.0. The first-order valence-electron chi connectivity index (χ1n) is 9.96. The molecular weight excluding hydrogens is 402 g/mol. The van der Waals surface area contributed by atoms with Crippen LogP contribution in [0.3, 0.4) is 0 Å². The Morgan fingerprint density at radius 2 is 2.03 bits per heavy atom. The van der Waals surface area contributed by atoms with Gasteiger partial charge in [-0.1, -0.05) is 20.8 Å². The van der Waals surface area contributed by atoms with Crippen LogP contribution in [0.4, 0.5) is 11.6 Å². The molecule has 0 radical (unpaired) electrons. The number of anilines is 2. The van der Waals surface area contributed by atoms with Crippen molar-refractivity contribution >= 4 is 23.2 Å². The second-order valence-corrected chi connectivity index (χ2v) is 8.77. The second-order valence-electron chi connectivity index (χ2n) is 8.77. The van der Waals surface area contributed by atoms with E-state index >= 15 is 0 Å². The number of nitrogens with zero attached hydrogens (tertiary/aromatic N) is 5. The van der Waals surface area contributed by atoms with E-state index < -0.39 is 11.5 Å². The van der Waals surface area contributed by atoms with Crippen LogP contribution in [0.1, 0.15) is 44.0 Å². The zero-order valence-electron chi connectivity index (χ0n) is 17.8. The van der Waals surface area contributed by atoms with Crippen LogP contribution in [-0.4, -0.2) is 48.3 Å². The van der Waals surface area contributed by atoms with Crippen LogP contribution in [0.2, 0.25) is 0 Å². The molecule has 0 aromatic carbocycles. The summed E-state index contributed by atoms with van der Waals surface area (Å²) in [5, 5.41) is 20.9. The summed E-state index contributed by atoms with van der Waals surface area (Å²) in [5.41, 5.74) is -0.910. The van der Waals surface area contributed by atoms with E-state index in [0.717, 1.165) is 17.4 Å². The molecule has 0 aliphatic heterocycles. The quantitative estimate of drug-likeness (QED) is 0.541. The smallest absolute Gasteiger partial charge is 0.291 e. The zero-order valence-corrected chi connectivity index (χ0v) is 17.8. The fraction of sp³-hybridized carbons (Fsp3) is 0.450. The summed E-state index contributed by atoms with van der Waals surface area (Å²) >= 11 is 0. The lowest BCUT2D eigenvalue weighted by Crippen LogP contribution is -2.35. The molecule has 4 rings (SSSR count). The highest BCUT2D eigenvalue weighted by Gasteiger charge is 2.30. The summed E-state index contributed by atoms with van der Waals surface area (Å²) < 4.78 is 7.71. The van der Waals surface area contributed by atoms with Crippen LogP contribution in [0.25, 0.3) is 5.65 Å². The third-order valence-corrected chi connectivity index (χ3v) is 4.70. The van der Waals surface area contributed by atoms with Gasteiger partial charge in [-0.2, -0.15) is 9.50 Å². The maximum absolute atomic E-state index is 13.1. The molecule has 0 bridgehead atoms. The van der Waals surface area contributed by atoms with Gasteiger partial charge in [0.05, 0.1) is 19.5 Å². The molecule has 11 nitrogen and oxygen atoms in total. The minimum Gasteiger partial charge on any atom is -0.494 e. The molecule has 3 heterocycles. The van der Waals surface area contributed by atoms with E-state index in [-0.39, 0.29) is 22.9 Å². The van der Waals surface area contributed by atoms with Gasteiger partial charge in [-0.05, 0) is 18.3 Å². The Morgan fingerprint density at radius 3 is 2.68 bits per heavy atom. The largest absolute Gasteiger partial charge is 0.494 e. The number of aromatic nitrogens is 5. The summed E-state index contributed by atoms with van der Waals surface area (Å²) in [6.45, 7) is 6.33. The Morgan fingerprint density at radius 1 is 1.29 bits per heavy atom. The normalized spacial score (nSPS) is 13.9. The lowest BCUT2D eigenvalue weighted by atomic mass is 9.96. The first kappa shape index (κ1) is 20.6. The van der Waals surface area contributed by atoms with Crippen LogP contribution >= 0.6 is 0 Å². The number of carbonyl (C=O) groups is 1. The number of nitrogens with one attached hydrogen (secondary N) is 2. The molecule has 0 atom stereocenters. The van der Waals surface area contributed by atoms with Crippen LogP contribution < -0.4 is 20.9 Å². The number of hydrogen-bond acceptors (Lipinski definition) is 8. The van der Waals surface area contributed by atoms with Crippen molar-refractivity contribution in [1.29, 1.82) is 0 Å². The van der Waals surface area contributed by atoms with Crippen molar-refractivity contribution in [3.8, 4) is 11.8 Å². The van der Waals surface area contributed by atoms with E-state index in [2.05, 4.69) is 25.7 Å². The van der Waals surface area contributed by atoms with Crippen molar-refractivity contribution < 1.29 is 14.6 Å². The number of methoxy groups -OCH3 is 1. The van der Waals surface area contributed by atoms with Crippen LogP contribution in [-0.2, 0) is 6.54 Å². The molecule has 3 aromatic rings. The van der Waals surface area contributed by atoms with Crippen molar-refractivity contribution in [3.63, 3.8) is 0 Å².